The average Bonchev–Trinajstić information content (AvgIpc) is 3.25. The molecule has 122 valence electrons. The number of carbonyl (C=O) groups excluding carboxylic acids is 1. The highest BCUT2D eigenvalue weighted by Crippen LogP contribution is 2.26. The van der Waals surface area contributed by atoms with Crippen LogP contribution in [0.15, 0.2) is 48.7 Å². The minimum Gasteiger partial charge on any atom is -0.322 e. The van der Waals surface area contributed by atoms with Gasteiger partial charge in [0.2, 0.25) is 0 Å². The van der Waals surface area contributed by atoms with E-state index in [1.54, 1.807) is 0 Å². The lowest BCUT2D eigenvalue weighted by Gasteiger charge is -2.14. The number of hydrogen-bond acceptors (Lipinski definition) is 3. The van der Waals surface area contributed by atoms with Crippen molar-refractivity contribution in [1.29, 1.82) is 0 Å². The van der Waals surface area contributed by atoms with Crippen LogP contribution in [0.4, 0.5) is 5.69 Å². The van der Waals surface area contributed by atoms with Gasteiger partial charge in [-0.05, 0) is 48.7 Å². The Morgan fingerprint density at radius 3 is 3.00 bits per heavy atom. The van der Waals surface area contributed by atoms with Gasteiger partial charge < -0.3 is 10.6 Å². The van der Waals surface area contributed by atoms with Gasteiger partial charge in [0.05, 0.1) is 11.7 Å². The topological polar surface area (TPSA) is 59.0 Å². The molecule has 1 unspecified atom stereocenters. The average molecular weight is 320 g/mol. The van der Waals surface area contributed by atoms with Crippen LogP contribution in [0.3, 0.4) is 0 Å². The van der Waals surface area contributed by atoms with Crippen LogP contribution >= 0.6 is 0 Å². The van der Waals surface area contributed by atoms with Crippen LogP contribution in [0, 0.1) is 0 Å². The van der Waals surface area contributed by atoms with Crippen molar-refractivity contribution in [3.8, 4) is 0 Å². The maximum absolute atomic E-state index is 12.8. The van der Waals surface area contributed by atoms with Crippen LogP contribution in [0.2, 0.25) is 0 Å². The molecule has 4 rings (SSSR count). The third kappa shape index (κ3) is 2.67. The third-order valence-corrected chi connectivity index (χ3v) is 4.71. The predicted octanol–water partition coefficient (Wildman–Crippen LogP) is 2.90. The predicted molar refractivity (Wildman–Crippen MR) is 95.3 cm³/mol. The summed E-state index contributed by atoms with van der Waals surface area (Å²) in [7, 11) is 1.91. The van der Waals surface area contributed by atoms with Crippen LogP contribution in [-0.2, 0) is 7.05 Å². The molecule has 24 heavy (non-hydrogen) atoms. The number of hydrogen-bond donors (Lipinski definition) is 2. The van der Waals surface area contributed by atoms with Crippen molar-refractivity contribution in [2.75, 3.05) is 18.4 Å². The number of fused-ring (bicyclic) bond motifs is 1. The van der Waals surface area contributed by atoms with Gasteiger partial charge in [-0.2, -0.15) is 5.10 Å². The van der Waals surface area contributed by atoms with E-state index >= 15 is 0 Å². The van der Waals surface area contributed by atoms with Gasteiger partial charge in [0.1, 0.15) is 0 Å². The monoisotopic (exact) mass is 320 g/mol. The summed E-state index contributed by atoms with van der Waals surface area (Å²) in [6.45, 7) is 1.95. The molecular weight excluding hydrogens is 300 g/mol. The summed E-state index contributed by atoms with van der Waals surface area (Å²) in [5.41, 5.74) is 3.73. The van der Waals surface area contributed by atoms with E-state index < -0.39 is 0 Å². The van der Waals surface area contributed by atoms with Crippen molar-refractivity contribution in [3.63, 3.8) is 0 Å². The molecule has 5 nitrogen and oxygen atoms in total. The van der Waals surface area contributed by atoms with Crippen molar-refractivity contribution in [3.05, 3.63) is 59.8 Å². The molecular formula is C19H20N4O. The molecule has 1 aliphatic rings. The van der Waals surface area contributed by atoms with E-state index in [0.717, 1.165) is 47.2 Å². The Bertz CT molecular complexity index is 893. The maximum Gasteiger partial charge on any atom is 0.255 e. The van der Waals surface area contributed by atoms with E-state index in [1.165, 1.54) is 0 Å². The fraction of sp³-hybridized carbons (Fsp3) is 0.263. The van der Waals surface area contributed by atoms with Gasteiger partial charge in [0.15, 0.2) is 0 Å². The lowest BCUT2D eigenvalue weighted by Crippen LogP contribution is -2.17. The Morgan fingerprint density at radius 1 is 1.29 bits per heavy atom. The SMILES string of the molecule is Cn1ncc2cc(NC(=O)c3ccccc3C3CCNC3)ccc21. The lowest BCUT2D eigenvalue weighted by atomic mass is 9.93. The molecule has 3 aromatic rings. The summed E-state index contributed by atoms with van der Waals surface area (Å²) in [5.74, 6) is 0.355. The van der Waals surface area contributed by atoms with Crippen molar-refractivity contribution < 1.29 is 4.79 Å². The molecule has 1 fully saturated rings. The summed E-state index contributed by atoms with van der Waals surface area (Å²) in [5, 5.41) is 11.7. The number of benzene rings is 2. The van der Waals surface area contributed by atoms with Crippen LogP contribution in [0.25, 0.3) is 10.9 Å². The number of aromatic nitrogens is 2. The number of rotatable bonds is 3. The van der Waals surface area contributed by atoms with Gasteiger partial charge in [0, 0.05) is 30.2 Å². The van der Waals surface area contributed by atoms with Crippen molar-refractivity contribution >= 4 is 22.5 Å². The first-order chi connectivity index (χ1) is 11.7. The molecule has 5 heteroatoms. The van der Waals surface area contributed by atoms with Gasteiger partial charge in [-0.25, -0.2) is 0 Å². The van der Waals surface area contributed by atoms with Crippen molar-refractivity contribution in [2.24, 2.45) is 7.05 Å². The number of amides is 1. The minimum atomic E-state index is -0.0549. The second-order valence-electron chi connectivity index (χ2n) is 6.27. The van der Waals surface area contributed by atoms with E-state index in [0.29, 0.717) is 5.92 Å². The number of nitrogens with zero attached hydrogens (tertiary/aromatic N) is 2. The summed E-state index contributed by atoms with van der Waals surface area (Å²) in [4.78, 5) is 12.8. The Hall–Kier alpha value is -2.66. The number of aryl methyl sites for hydroxylation is 1. The summed E-state index contributed by atoms with van der Waals surface area (Å²) in [6, 6.07) is 13.8. The molecule has 0 spiro atoms. The smallest absolute Gasteiger partial charge is 0.255 e. The third-order valence-electron chi connectivity index (χ3n) is 4.71. The first kappa shape index (κ1) is 14.9. The van der Waals surface area contributed by atoms with Crippen LogP contribution in [0.5, 0.6) is 0 Å². The highest BCUT2D eigenvalue weighted by atomic mass is 16.1. The van der Waals surface area contributed by atoms with E-state index in [9.17, 15) is 4.79 Å². The van der Waals surface area contributed by atoms with Gasteiger partial charge in [-0.3, -0.25) is 9.48 Å². The zero-order chi connectivity index (χ0) is 16.5. The minimum absolute atomic E-state index is 0.0549. The number of nitrogens with one attached hydrogen (secondary N) is 2. The molecule has 1 amide bonds. The highest BCUT2D eigenvalue weighted by molar-refractivity contribution is 6.06. The molecule has 1 aliphatic heterocycles. The molecule has 0 bridgehead atoms. The molecule has 1 aromatic heterocycles. The second kappa shape index (κ2) is 6.09. The van der Waals surface area contributed by atoms with Crippen molar-refractivity contribution in [1.82, 2.24) is 15.1 Å². The maximum atomic E-state index is 12.8. The molecule has 1 atom stereocenters. The molecule has 0 aliphatic carbocycles. The standard InChI is InChI=1S/C19H20N4O/c1-23-18-7-6-15(10-14(18)12-21-23)22-19(24)17-5-3-2-4-16(17)13-8-9-20-11-13/h2-7,10,12-13,20H,8-9,11H2,1H3,(H,22,24). The van der Waals surface area contributed by atoms with E-state index in [1.807, 2.05) is 54.3 Å². The van der Waals surface area contributed by atoms with Gasteiger partial charge in [-0.15, -0.1) is 0 Å². The Labute approximate surface area is 140 Å². The van der Waals surface area contributed by atoms with Gasteiger partial charge in [0.25, 0.3) is 5.91 Å². The Balaban J connectivity index is 1.61. The first-order valence-corrected chi connectivity index (χ1v) is 8.25. The molecule has 2 N–H and O–H groups in total. The molecule has 0 saturated carbocycles. The van der Waals surface area contributed by atoms with Crippen molar-refractivity contribution in [2.45, 2.75) is 12.3 Å². The fourth-order valence-corrected chi connectivity index (χ4v) is 3.42. The van der Waals surface area contributed by atoms with Gasteiger partial charge >= 0.3 is 0 Å². The highest BCUT2D eigenvalue weighted by Gasteiger charge is 2.22. The molecule has 2 aromatic carbocycles. The fourth-order valence-electron chi connectivity index (χ4n) is 3.42. The summed E-state index contributed by atoms with van der Waals surface area (Å²) in [6.07, 6.45) is 2.88. The Morgan fingerprint density at radius 2 is 2.17 bits per heavy atom. The second-order valence-corrected chi connectivity index (χ2v) is 6.27. The number of anilines is 1. The molecule has 0 radical (unpaired) electrons. The number of carbonyl (C=O) groups is 1. The van der Waals surface area contributed by atoms with E-state index in [2.05, 4.69) is 21.8 Å². The van der Waals surface area contributed by atoms with E-state index in [-0.39, 0.29) is 5.91 Å². The lowest BCUT2D eigenvalue weighted by molar-refractivity contribution is 0.102. The largest absolute Gasteiger partial charge is 0.322 e. The van der Waals surface area contributed by atoms with Crippen LogP contribution in [-0.4, -0.2) is 28.8 Å². The van der Waals surface area contributed by atoms with E-state index in [4.69, 9.17) is 0 Å². The summed E-state index contributed by atoms with van der Waals surface area (Å²) < 4.78 is 1.82. The zero-order valence-corrected chi connectivity index (χ0v) is 13.6. The van der Waals surface area contributed by atoms with Crippen LogP contribution in [0.1, 0.15) is 28.3 Å². The summed E-state index contributed by atoms with van der Waals surface area (Å²) >= 11 is 0. The van der Waals surface area contributed by atoms with Gasteiger partial charge in [-0.1, -0.05) is 18.2 Å². The van der Waals surface area contributed by atoms with Crippen LogP contribution < -0.4 is 10.6 Å². The normalized spacial score (nSPS) is 17.3. The first-order valence-electron chi connectivity index (χ1n) is 8.25. The quantitative estimate of drug-likeness (QED) is 0.780. The zero-order valence-electron chi connectivity index (χ0n) is 13.6. The molecule has 2 heterocycles. The molecule has 1 saturated heterocycles. The Kier molecular flexibility index (Phi) is 3.78.